The SMILES string of the molecule is O=C(O)c1ccc2cc(-c3ccc(Br)cc3)[nH]c2c1. The summed E-state index contributed by atoms with van der Waals surface area (Å²) in [5.41, 5.74) is 3.16. The van der Waals surface area contributed by atoms with Crippen molar-refractivity contribution in [2.45, 2.75) is 0 Å². The second-order valence-electron chi connectivity index (χ2n) is 4.30. The molecule has 0 saturated heterocycles. The summed E-state index contributed by atoms with van der Waals surface area (Å²) in [6.07, 6.45) is 0. The van der Waals surface area contributed by atoms with E-state index in [0.29, 0.717) is 0 Å². The van der Waals surface area contributed by atoms with Crippen LogP contribution in [-0.4, -0.2) is 16.1 Å². The van der Waals surface area contributed by atoms with E-state index in [4.69, 9.17) is 5.11 Å². The molecule has 2 N–H and O–H groups in total. The van der Waals surface area contributed by atoms with Gasteiger partial charge in [0.1, 0.15) is 0 Å². The van der Waals surface area contributed by atoms with Gasteiger partial charge >= 0.3 is 5.97 Å². The highest BCUT2D eigenvalue weighted by atomic mass is 79.9. The number of fused-ring (bicyclic) bond motifs is 1. The Morgan fingerprint density at radius 2 is 1.79 bits per heavy atom. The van der Waals surface area contributed by atoms with E-state index in [9.17, 15) is 4.79 Å². The molecule has 3 nitrogen and oxygen atoms in total. The molecule has 2 aromatic carbocycles. The molecule has 0 aliphatic heterocycles. The van der Waals surface area contributed by atoms with Crippen LogP contribution in [0.1, 0.15) is 10.4 Å². The number of halogens is 1. The number of carbonyl (C=O) groups is 1. The van der Waals surface area contributed by atoms with Gasteiger partial charge in [0, 0.05) is 21.1 Å². The number of carboxylic acids is 1. The number of hydrogen-bond acceptors (Lipinski definition) is 1. The lowest BCUT2D eigenvalue weighted by molar-refractivity contribution is 0.0697. The van der Waals surface area contributed by atoms with Crippen LogP contribution in [0, 0.1) is 0 Å². The summed E-state index contributed by atoms with van der Waals surface area (Å²) in [4.78, 5) is 14.2. The molecule has 3 rings (SSSR count). The molecule has 1 heterocycles. The first-order valence-corrected chi connectivity index (χ1v) is 6.55. The maximum absolute atomic E-state index is 10.9. The van der Waals surface area contributed by atoms with Crippen LogP contribution in [0.4, 0.5) is 0 Å². The molecule has 0 bridgehead atoms. The summed E-state index contributed by atoms with van der Waals surface area (Å²) in [5, 5.41) is 9.98. The summed E-state index contributed by atoms with van der Waals surface area (Å²) >= 11 is 3.40. The van der Waals surface area contributed by atoms with Crippen molar-refractivity contribution < 1.29 is 9.90 Å². The minimum absolute atomic E-state index is 0.289. The molecule has 0 fully saturated rings. The van der Waals surface area contributed by atoms with E-state index in [0.717, 1.165) is 26.6 Å². The Morgan fingerprint density at radius 1 is 1.05 bits per heavy atom. The van der Waals surface area contributed by atoms with Gasteiger partial charge in [-0.15, -0.1) is 0 Å². The van der Waals surface area contributed by atoms with Gasteiger partial charge in [0.15, 0.2) is 0 Å². The summed E-state index contributed by atoms with van der Waals surface area (Å²) in [6.45, 7) is 0. The van der Waals surface area contributed by atoms with Crippen molar-refractivity contribution in [1.29, 1.82) is 0 Å². The van der Waals surface area contributed by atoms with Crippen LogP contribution in [0.25, 0.3) is 22.2 Å². The van der Waals surface area contributed by atoms with Crippen molar-refractivity contribution in [3.05, 3.63) is 58.6 Å². The number of nitrogens with one attached hydrogen (secondary N) is 1. The highest BCUT2D eigenvalue weighted by Gasteiger charge is 2.07. The lowest BCUT2D eigenvalue weighted by Gasteiger charge is -1.97. The van der Waals surface area contributed by atoms with Gasteiger partial charge in [-0.2, -0.15) is 0 Å². The number of H-pyrrole nitrogens is 1. The predicted octanol–water partition coefficient (Wildman–Crippen LogP) is 4.30. The highest BCUT2D eigenvalue weighted by Crippen LogP contribution is 2.26. The van der Waals surface area contributed by atoms with Gasteiger partial charge in [0.25, 0.3) is 0 Å². The van der Waals surface area contributed by atoms with E-state index < -0.39 is 5.97 Å². The first kappa shape index (κ1) is 12.0. The topological polar surface area (TPSA) is 53.1 Å². The van der Waals surface area contributed by atoms with Crippen LogP contribution >= 0.6 is 15.9 Å². The van der Waals surface area contributed by atoms with Crippen LogP contribution in [0.3, 0.4) is 0 Å². The Hall–Kier alpha value is -2.07. The lowest BCUT2D eigenvalue weighted by atomic mass is 10.1. The molecule has 0 aliphatic carbocycles. The molecule has 0 radical (unpaired) electrons. The molecular weight excluding hydrogens is 306 g/mol. The summed E-state index contributed by atoms with van der Waals surface area (Å²) in [5.74, 6) is -0.915. The summed E-state index contributed by atoms with van der Waals surface area (Å²) in [6, 6.07) is 15.1. The summed E-state index contributed by atoms with van der Waals surface area (Å²) < 4.78 is 1.03. The fourth-order valence-corrected chi connectivity index (χ4v) is 2.31. The van der Waals surface area contributed by atoms with E-state index in [1.165, 1.54) is 0 Å². The third kappa shape index (κ3) is 2.27. The van der Waals surface area contributed by atoms with Crippen LogP contribution in [-0.2, 0) is 0 Å². The van der Waals surface area contributed by atoms with Gasteiger partial charge in [-0.3, -0.25) is 0 Å². The van der Waals surface area contributed by atoms with Crippen LogP contribution in [0.15, 0.2) is 53.0 Å². The molecular formula is C15H10BrNO2. The fraction of sp³-hybridized carbons (Fsp3) is 0. The quantitative estimate of drug-likeness (QED) is 0.741. The van der Waals surface area contributed by atoms with Gasteiger partial charge in [-0.25, -0.2) is 4.79 Å². The first-order valence-electron chi connectivity index (χ1n) is 5.75. The minimum Gasteiger partial charge on any atom is -0.478 e. The Balaban J connectivity index is 2.11. The molecule has 0 saturated carbocycles. The zero-order valence-electron chi connectivity index (χ0n) is 9.85. The number of rotatable bonds is 2. The molecule has 0 aliphatic rings. The Bertz CT molecular complexity index is 759. The zero-order valence-corrected chi connectivity index (χ0v) is 11.4. The van der Waals surface area contributed by atoms with Gasteiger partial charge in [-0.05, 0) is 35.9 Å². The molecule has 0 unspecified atom stereocenters. The van der Waals surface area contributed by atoms with E-state index in [1.54, 1.807) is 12.1 Å². The van der Waals surface area contributed by atoms with Gasteiger partial charge in [-0.1, -0.05) is 34.1 Å². The average molecular weight is 316 g/mol. The number of benzene rings is 2. The van der Waals surface area contributed by atoms with Crippen molar-refractivity contribution in [3.8, 4) is 11.3 Å². The van der Waals surface area contributed by atoms with E-state index in [2.05, 4.69) is 20.9 Å². The fourth-order valence-electron chi connectivity index (χ4n) is 2.05. The molecule has 0 amide bonds. The first-order chi connectivity index (χ1) is 9.13. The number of hydrogen-bond donors (Lipinski definition) is 2. The maximum Gasteiger partial charge on any atom is 0.335 e. The van der Waals surface area contributed by atoms with Gasteiger partial charge < -0.3 is 10.1 Å². The van der Waals surface area contributed by atoms with Crippen LogP contribution in [0.2, 0.25) is 0 Å². The average Bonchev–Trinajstić information content (AvgIpc) is 2.82. The number of aromatic amines is 1. The normalized spacial score (nSPS) is 10.8. The molecule has 3 aromatic rings. The molecule has 0 spiro atoms. The maximum atomic E-state index is 10.9. The molecule has 94 valence electrons. The van der Waals surface area contributed by atoms with E-state index in [-0.39, 0.29) is 5.56 Å². The van der Waals surface area contributed by atoms with Crippen molar-refractivity contribution in [1.82, 2.24) is 4.98 Å². The second-order valence-corrected chi connectivity index (χ2v) is 5.21. The predicted molar refractivity (Wildman–Crippen MR) is 78.4 cm³/mol. The third-order valence-electron chi connectivity index (χ3n) is 3.02. The smallest absolute Gasteiger partial charge is 0.335 e. The molecule has 4 heteroatoms. The van der Waals surface area contributed by atoms with Crippen LogP contribution in [0.5, 0.6) is 0 Å². The Labute approximate surface area is 118 Å². The van der Waals surface area contributed by atoms with Crippen molar-refractivity contribution >= 4 is 32.8 Å². The van der Waals surface area contributed by atoms with E-state index in [1.807, 2.05) is 36.4 Å². The lowest BCUT2D eigenvalue weighted by Crippen LogP contribution is -1.94. The highest BCUT2D eigenvalue weighted by molar-refractivity contribution is 9.10. The second kappa shape index (κ2) is 4.55. The zero-order chi connectivity index (χ0) is 13.4. The number of aromatic carboxylic acids is 1. The molecule has 0 atom stereocenters. The Kier molecular flexibility index (Phi) is 2.87. The van der Waals surface area contributed by atoms with Gasteiger partial charge in [0.05, 0.1) is 5.56 Å². The van der Waals surface area contributed by atoms with Crippen molar-refractivity contribution in [2.75, 3.05) is 0 Å². The minimum atomic E-state index is -0.915. The molecule has 19 heavy (non-hydrogen) atoms. The summed E-state index contributed by atoms with van der Waals surface area (Å²) in [7, 11) is 0. The van der Waals surface area contributed by atoms with Crippen molar-refractivity contribution in [3.63, 3.8) is 0 Å². The third-order valence-corrected chi connectivity index (χ3v) is 3.55. The van der Waals surface area contributed by atoms with Crippen LogP contribution < -0.4 is 0 Å². The largest absolute Gasteiger partial charge is 0.478 e. The monoisotopic (exact) mass is 315 g/mol. The van der Waals surface area contributed by atoms with Crippen molar-refractivity contribution in [2.24, 2.45) is 0 Å². The van der Waals surface area contributed by atoms with Gasteiger partial charge in [0.2, 0.25) is 0 Å². The number of carboxylic acid groups (broad SMARTS) is 1. The standard InChI is InChI=1S/C15H10BrNO2/c16-12-5-3-9(4-6-12)13-7-10-1-2-11(15(18)19)8-14(10)17-13/h1-8,17H,(H,18,19). The number of aromatic nitrogens is 1. The van der Waals surface area contributed by atoms with E-state index >= 15 is 0 Å². The Morgan fingerprint density at radius 3 is 2.47 bits per heavy atom. The molecule has 1 aromatic heterocycles.